The van der Waals surface area contributed by atoms with Gasteiger partial charge in [0.25, 0.3) is 5.91 Å². The number of anilines is 2. The molecule has 0 bridgehead atoms. The SMILES string of the molecule is CCN(Cc1ccccc1)C(=O)c1ccnc(Nc2ccc(OC(C)C)cc2)c1. The van der Waals surface area contributed by atoms with Crippen molar-refractivity contribution in [2.75, 3.05) is 11.9 Å². The molecule has 0 aliphatic rings. The monoisotopic (exact) mass is 389 g/mol. The Kier molecular flexibility index (Phi) is 6.85. The number of rotatable bonds is 8. The van der Waals surface area contributed by atoms with Crippen molar-refractivity contribution in [2.45, 2.75) is 33.4 Å². The maximum absolute atomic E-state index is 13.0. The average molecular weight is 389 g/mol. The molecule has 1 N–H and O–H groups in total. The first-order chi connectivity index (χ1) is 14.0. The molecule has 1 heterocycles. The van der Waals surface area contributed by atoms with Crippen LogP contribution in [0.2, 0.25) is 0 Å². The molecule has 3 rings (SSSR count). The molecule has 0 atom stereocenters. The molecule has 5 heteroatoms. The number of carbonyl (C=O) groups excluding carboxylic acids is 1. The predicted octanol–water partition coefficient (Wildman–Crippen LogP) is 5.27. The smallest absolute Gasteiger partial charge is 0.254 e. The summed E-state index contributed by atoms with van der Waals surface area (Å²) in [6.45, 7) is 7.20. The summed E-state index contributed by atoms with van der Waals surface area (Å²) in [5.41, 5.74) is 2.61. The summed E-state index contributed by atoms with van der Waals surface area (Å²) >= 11 is 0. The van der Waals surface area contributed by atoms with E-state index in [0.29, 0.717) is 24.5 Å². The van der Waals surface area contributed by atoms with Crippen molar-refractivity contribution < 1.29 is 9.53 Å². The van der Waals surface area contributed by atoms with Crippen LogP contribution in [0.1, 0.15) is 36.7 Å². The second-order valence-corrected chi connectivity index (χ2v) is 7.05. The molecule has 0 aliphatic carbocycles. The van der Waals surface area contributed by atoms with Gasteiger partial charge in [-0.3, -0.25) is 4.79 Å². The van der Waals surface area contributed by atoms with Gasteiger partial charge < -0.3 is 15.0 Å². The summed E-state index contributed by atoms with van der Waals surface area (Å²) in [4.78, 5) is 19.2. The second kappa shape index (κ2) is 9.73. The largest absolute Gasteiger partial charge is 0.491 e. The Labute approximate surface area is 172 Å². The zero-order valence-corrected chi connectivity index (χ0v) is 17.1. The fourth-order valence-electron chi connectivity index (χ4n) is 2.98. The number of hydrogen-bond acceptors (Lipinski definition) is 4. The van der Waals surface area contributed by atoms with Crippen LogP contribution in [0.5, 0.6) is 5.75 Å². The lowest BCUT2D eigenvalue weighted by atomic mass is 10.1. The first-order valence-electron chi connectivity index (χ1n) is 9.88. The first kappa shape index (κ1) is 20.4. The first-order valence-corrected chi connectivity index (χ1v) is 9.88. The van der Waals surface area contributed by atoms with E-state index in [4.69, 9.17) is 4.74 Å². The van der Waals surface area contributed by atoms with E-state index in [1.165, 1.54) is 0 Å². The third-order valence-electron chi connectivity index (χ3n) is 4.39. The standard InChI is InChI=1S/C24H27N3O2/c1-4-27(17-19-8-6-5-7-9-19)24(28)20-14-15-25-23(16-20)26-21-10-12-22(13-11-21)29-18(2)3/h5-16,18H,4,17H2,1-3H3,(H,25,26). The second-order valence-electron chi connectivity index (χ2n) is 7.05. The van der Waals surface area contributed by atoms with E-state index in [2.05, 4.69) is 10.3 Å². The zero-order valence-electron chi connectivity index (χ0n) is 17.1. The highest BCUT2D eigenvalue weighted by Gasteiger charge is 2.15. The minimum Gasteiger partial charge on any atom is -0.491 e. The van der Waals surface area contributed by atoms with Gasteiger partial charge in [0.2, 0.25) is 0 Å². The Hall–Kier alpha value is -3.34. The summed E-state index contributed by atoms with van der Waals surface area (Å²) < 4.78 is 5.66. The van der Waals surface area contributed by atoms with Gasteiger partial charge in [-0.2, -0.15) is 0 Å². The highest BCUT2D eigenvalue weighted by molar-refractivity contribution is 5.95. The lowest BCUT2D eigenvalue weighted by molar-refractivity contribution is 0.0752. The van der Waals surface area contributed by atoms with Crippen LogP contribution in [0.4, 0.5) is 11.5 Å². The number of benzene rings is 2. The number of nitrogens with zero attached hydrogens (tertiary/aromatic N) is 2. The van der Waals surface area contributed by atoms with Crippen molar-refractivity contribution in [3.05, 3.63) is 84.1 Å². The minimum atomic E-state index is -0.0116. The van der Waals surface area contributed by atoms with Crippen molar-refractivity contribution in [3.63, 3.8) is 0 Å². The van der Waals surface area contributed by atoms with E-state index < -0.39 is 0 Å². The highest BCUT2D eigenvalue weighted by Crippen LogP contribution is 2.21. The van der Waals surface area contributed by atoms with Crippen molar-refractivity contribution in [1.29, 1.82) is 0 Å². The predicted molar refractivity (Wildman–Crippen MR) is 117 cm³/mol. The highest BCUT2D eigenvalue weighted by atomic mass is 16.5. The Morgan fingerprint density at radius 1 is 1.07 bits per heavy atom. The van der Waals surface area contributed by atoms with Gasteiger partial charge >= 0.3 is 0 Å². The third kappa shape index (κ3) is 5.82. The van der Waals surface area contributed by atoms with Crippen molar-refractivity contribution in [3.8, 4) is 5.75 Å². The van der Waals surface area contributed by atoms with Crippen LogP contribution in [0.25, 0.3) is 0 Å². The van der Waals surface area contributed by atoms with E-state index in [-0.39, 0.29) is 12.0 Å². The van der Waals surface area contributed by atoms with E-state index in [1.807, 2.05) is 80.3 Å². The molecule has 0 saturated heterocycles. The molecular weight excluding hydrogens is 362 g/mol. The Bertz CT molecular complexity index is 924. The Morgan fingerprint density at radius 3 is 2.45 bits per heavy atom. The summed E-state index contributed by atoms with van der Waals surface area (Å²) in [5, 5.41) is 3.25. The van der Waals surface area contributed by atoms with E-state index >= 15 is 0 Å². The van der Waals surface area contributed by atoms with Gasteiger partial charge in [-0.05, 0) is 62.7 Å². The summed E-state index contributed by atoms with van der Waals surface area (Å²) in [5.74, 6) is 1.44. The molecule has 150 valence electrons. The molecule has 29 heavy (non-hydrogen) atoms. The molecule has 0 saturated carbocycles. The number of carbonyl (C=O) groups is 1. The van der Waals surface area contributed by atoms with Gasteiger partial charge in [-0.1, -0.05) is 30.3 Å². The molecule has 0 aliphatic heterocycles. The molecule has 1 aromatic heterocycles. The molecule has 1 amide bonds. The molecule has 0 spiro atoms. The van der Waals surface area contributed by atoms with Crippen molar-refractivity contribution >= 4 is 17.4 Å². The summed E-state index contributed by atoms with van der Waals surface area (Å²) in [6.07, 6.45) is 1.79. The van der Waals surface area contributed by atoms with Crippen LogP contribution in [0.15, 0.2) is 72.9 Å². The van der Waals surface area contributed by atoms with Gasteiger partial charge in [0, 0.05) is 30.5 Å². The van der Waals surface area contributed by atoms with Crippen LogP contribution < -0.4 is 10.1 Å². The lowest BCUT2D eigenvalue weighted by Crippen LogP contribution is -2.30. The quantitative estimate of drug-likeness (QED) is 0.570. The number of aromatic nitrogens is 1. The lowest BCUT2D eigenvalue weighted by Gasteiger charge is -2.21. The topological polar surface area (TPSA) is 54.5 Å². The van der Waals surface area contributed by atoms with Gasteiger partial charge in [-0.25, -0.2) is 4.98 Å². The summed E-state index contributed by atoms with van der Waals surface area (Å²) in [7, 11) is 0. The number of amides is 1. The van der Waals surface area contributed by atoms with Crippen LogP contribution in [0, 0.1) is 0 Å². The summed E-state index contributed by atoms with van der Waals surface area (Å²) in [6, 6.07) is 21.2. The van der Waals surface area contributed by atoms with Gasteiger partial charge in [0.15, 0.2) is 0 Å². The maximum atomic E-state index is 13.0. The molecular formula is C24H27N3O2. The van der Waals surface area contributed by atoms with Gasteiger partial charge in [-0.15, -0.1) is 0 Å². The number of ether oxygens (including phenoxy) is 1. The fraction of sp³-hybridized carbons (Fsp3) is 0.250. The number of hydrogen-bond donors (Lipinski definition) is 1. The molecule has 3 aromatic rings. The van der Waals surface area contributed by atoms with E-state index in [1.54, 1.807) is 18.3 Å². The third-order valence-corrected chi connectivity index (χ3v) is 4.39. The Morgan fingerprint density at radius 2 is 1.79 bits per heavy atom. The van der Waals surface area contributed by atoms with Crippen LogP contribution in [-0.4, -0.2) is 28.4 Å². The molecule has 0 radical (unpaired) electrons. The average Bonchev–Trinajstić information content (AvgIpc) is 2.73. The van der Waals surface area contributed by atoms with Gasteiger partial charge in [0.1, 0.15) is 11.6 Å². The van der Waals surface area contributed by atoms with Crippen molar-refractivity contribution in [2.24, 2.45) is 0 Å². The molecule has 5 nitrogen and oxygen atoms in total. The van der Waals surface area contributed by atoms with Crippen LogP contribution >= 0.6 is 0 Å². The van der Waals surface area contributed by atoms with Crippen LogP contribution in [0.3, 0.4) is 0 Å². The number of pyridine rings is 1. The van der Waals surface area contributed by atoms with Crippen LogP contribution in [-0.2, 0) is 6.54 Å². The fourth-order valence-corrected chi connectivity index (χ4v) is 2.98. The molecule has 2 aromatic carbocycles. The Balaban J connectivity index is 1.70. The number of nitrogens with one attached hydrogen (secondary N) is 1. The van der Waals surface area contributed by atoms with Gasteiger partial charge in [0.05, 0.1) is 6.10 Å². The minimum absolute atomic E-state index is 0.0116. The normalized spacial score (nSPS) is 10.6. The molecule has 0 fully saturated rings. The van der Waals surface area contributed by atoms with E-state index in [9.17, 15) is 4.79 Å². The van der Waals surface area contributed by atoms with Crippen molar-refractivity contribution in [1.82, 2.24) is 9.88 Å². The zero-order chi connectivity index (χ0) is 20.6. The van der Waals surface area contributed by atoms with E-state index in [0.717, 1.165) is 17.0 Å². The maximum Gasteiger partial charge on any atom is 0.254 e. The molecule has 0 unspecified atom stereocenters.